The summed E-state index contributed by atoms with van der Waals surface area (Å²) in [7, 11) is 0. The number of anilines is 1. The number of hydrogen-bond acceptors (Lipinski definition) is 5. The molecule has 2 N–H and O–H groups in total. The Labute approximate surface area is 96.0 Å². The lowest BCUT2D eigenvalue weighted by Gasteiger charge is -2.02. The van der Waals surface area contributed by atoms with Gasteiger partial charge >= 0.3 is 0 Å². The van der Waals surface area contributed by atoms with Crippen LogP contribution in [0.3, 0.4) is 0 Å². The summed E-state index contributed by atoms with van der Waals surface area (Å²) >= 11 is 1.37. The van der Waals surface area contributed by atoms with E-state index in [-0.39, 0.29) is 5.82 Å². The van der Waals surface area contributed by atoms with Crippen molar-refractivity contribution in [2.75, 3.05) is 5.73 Å². The average Bonchev–Trinajstić information content (AvgIpc) is 2.63. The molecule has 2 rings (SSSR count). The zero-order valence-electron chi connectivity index (χ0n) is 8.61. The number of benzene rings is 1. The number of rotatable bonds is 3. The molecule has 2 aromatic rings. The molecule has 84 valence electrons. The predicted molar refractivity (Wildman–Crippen MR) is 59.4 cm³/mol. The van der Waals surface area contributed by atoms with Crippen LogP contribution in [0.15, 0.2) is 27.8 Å². The molecule has 1 aromatic carbocycles. The van der Waals surface area contributed by atoms with Gasteiger partial charge in [0.15, 0.2) is 0 Å². The van der Waals surface area contributed by atoms with Crippen molar-refractivity contribution in [3.05, 3.63) is 35.5 Å². The summed E-state index contributed by atoms with van der Waals surface area (Å²) in [5, 5.41) is 8.03. The Balaban J connectivity index is 2.04. The smallest absolute Gasteiger partial charge is 0.276 e. The second-order valence-corrected chi connectivity index (χ2v) is 4.15. The van der Waals surface area contributed by atoms with Gasteiger partial charge in [0.2, 0.25) is 5.89 Å². The molecule has 0 unspecified atom stereocenters. The minimum Gasteiger partial charge on any atom is -0.416 e. The molecule has 0 spiro atoms. The Morgan fingerprint density at radius 3 is 2.88 bits per heavy atom. The topological polar surface area (TPSA) is 64.9 Å². The maximum atomic E-state index is 12.8. The third-order valence-corrected chi connectivity index (χ3v) is 2.83. The number of nitrogens with zero attached hydrogens (tertiary/aromatic N) is 2. The molecule has 16 heavy (non-hydrogen) atoms. The van der Waals surface area contributed by atoms with E-state index < -0.39 is 0 Å². The molecule has 0 radical (unpaired) electrons. The lowest BCUT2D eigenvalue weighted by atomic mass is 10.2. The zero-order chi connectivity index (χ0) is 11.5. The Bertz CT molecular complexity index is 501. The van der Waals surface area contributed by atoms with Gasteiger partial charge < -0.3 is 10.2 Å². The molecule has 6 heteroatoms. The quantitative estimate of drug-likeness (QED) is 0.658. The monoisotopic (exact) mass is 239 g/mol. The van der Waals surface area contributed by atoms with Gasteiger partial charge in [0, 0.05) is 18.4 Å². The van der Waals surface area contributed by atoms with Crippen molar-refractivity contribution in [3.8, 4) is 0 Å². The molecule has 0 saturated carbocycles. The maximum Gasteiger partial charge on any atom is 0.276 e. The van der Waals surface area contributed by atoms with E-state index in [1.807, 2.05) is 0 Å². The zero-order valence-corrected chi connectivity index (χ0v) is 9.42. The molecule has 0 fully saturated rings. The van der Waals surface area contributed by atoms with E-state index in [1.165, 1.54) is 23.9 Å². The van der Waals surface area contributed by atoms with Gasteiger partial charge in [-0.05, 0) is 17.7 Å². The van der Waals surface area contributed by atoms with Crippen molar-refractivity contribution >= 4 is 17.4 Å². The van der Waals surface area contributed by atoms with Crippen molar-refractivity contribution in [3.63, 3.8) is 0 Å². The van der Waals surface area contributed by atoms with Crippen molar-refractivity contribution in [1.29, 1.82) is 0 Å². The molecule has 1 heterocycles. The summed E-state index contributed by atoms with van der Waals surface area (Å²) in [6.45, 7) is 1.73. The Kier molecular flexibility index (Phi) is 3.09. The van der Waals surface area contributed by atoms with Crippen molar-refractivity contribution < 1.29 is 8.81 Å². The minimum absolute atomic E-state index is 0.333. The first-order chi connectivity index (χ1) is 7.65. The van der Waals surface area contributed by atoms with Crippen molar-refractivity contribution in [2.24, 2.45) is 0 Å². The van der Waals surface area contributed by atoms with Gasteiger partial charge in [0.05, 0.1) is 0 Å². The van der Waals surface area contributed by atoms with Crippen LogP contribution in [0.25, 0.3) is 0 Å². The first kappa shape index (κ1) is 10.9. The van der Waals surface area contributed by atoms with Crippen LogP contribution >= 0.6 is 11.8 Å². The molecular formula is C10H10FN3OS. The maximum absolute atomic E-state index is 12.8. The fourth-order valence-electron chi connectivity index (χ4n) is 1.17. The number of aryl methyl sites for hydroxylation is 1. The van der Waals surface area contributed by atoms with Gasteiger partial charge in [-0.15, -0.1) is 10.2 Å². The molecule has 0 atom stereocenters. The Morgan fingerprint density at radius 2 is 2.25 bits per heavy atom. The van der Waals surface area contributed by atoms with Crippen LogP contribution in [-0.2, 0) is 5.75 Å². The highest BCUT2D eigenvalue weighted by molar-refractivity contribution is 7.98. The Morgan fingerprint density at radius 1 is 1.44 bits per heavy atom. The van der Waals surface area contributed by atoms with Crippen LogP contribution in [0.4, 0.5) is 10.1 Å². The molecule has 4 nitrogen and oxygen atoms in total. The Hall–Kier alpha value is -1.56. The third kappa shape index (κ3) is 2.52. The van der Waals surface area contributed by atoms with Gasteiger partial charge in [-0.3, -0.25) is 0 Å². The van der Waals surface area contributed by atoms with Gasteiger partial charge in [-0.2, -0.15) is 0 Å². The van der Waals surface area contributed by atoms with Crippen molar-refractivity contribution in [1.82, 2.24) is 10.2 Å². The van der Waals surface area contributed by atoms with E-state index in [1.54, 1.807) is 13.0 Å². The number of halogens is 1. The predicted octanol–water partition coefficient (Wildman–Crippen LogP) is 2.39. The summed E-state index contributed by atoms with van der Waals surface area (Å²) in [6, 6.07) is 4.33. The van der Waals surface area contributed by atoms with E-state index in [9.17, 15) is 4.39 Å². The second-order valence-electron chi connectivity index (χ2n) is 3.22. The van der Waals surface area contributed by atoms with E-state index in [4.69, 9.17) is 10.2 Å². The summed E-state index contributed by atoms with van der Waals surface area (Å²) < 4.78 is 18.0. The van der Waals surface area contributed by atoms with Gasteiger partial charge in [-0.25, -0.2) is 4.39 Å². The van der Waals surface area contributed by atoms with E-state index in [2.05, 4.69) is 10.2 Å². The molecule has 0 bridgehead atoms. The second kappa shape index (κ2) is 4.52. The summed E-state index contributed by atoms with van der Waals surface area (Å²) in [5.41, 5.74) is 6.95. The molecule has 0 aliphatic rings. The first-order valence-corrected chi connectivity index (χ1v) is 5.60. The summed E-state index contributed by atoms with van der Waals surface area (Å²) in [6.07, 6.45) is 0. The highest BCUT2D eigenvalue weighted by Gasteiger charge is 2.06. The molecular weight excluding hydrogens is 229 g/mol. The van der Waals surface area contributed by atoms with Gasteiger partial charge in [0.1, 0.15) is 5.82 Å². The van der Waals surface area contributed by atoms with E-state index >= 15 is 0 Å². The number of aromatic nitrogens is 2. The number of thioether (sulfide) groups is 1. The SMILES string of the molecule is Cc1nnc(SCc2ccc(F)cc2N)o1. The average molecular weight is 239 g/mol. The number of nitrogens with two attached hydrogens (primary N) is 1. The van der Waals surface area contributed by atoms with Crippen LogP contribution in [0.2, 0.25) is 0 Å². The fourth-order valence-corrected chi connectivity index (χ4v) is 1.99. The summed E-state index contributed by atoms with van der Waals surface area (Å²) in [4.78, 5) is 0. The van der Waals surface area contributed by atoms with Crippen LogP contribution in [-0.4, -0.2) is 10.2 Å². The normalized spacial score (nSPS) is 10.6. The highest BCUT2D eigenvalue weighted by Crippen LogP contribution is 2.24. The molecule has 0 saturated heterocycles. The van der Waals surface area contributed by atoms with E-state index in [0.29, 0.717) is 22.6 Å². The lowest BCUT2D eigenvalue weighted by molar-refractivity contribution is 0.429. The van der Waals surface area contributed by atoms with Crippen LogP contribution in [0, 0.1) is 12.7 Å². The first-order valence-electron chi connectivity index (χ1n) is 4.62. The minimum atomic E-state index is -0.333. The third-order valence-electron chi connectivity index (χ3n) is 1.97. The molecule has 0 amide bonds. The van der Waals surface area contributed by atoms with E-state index in [0.717, 1.165) is 5.56 Å². The fraction of sp³-hybridized carbons (Fsp3) is 0.200. The largest absolute Gasteiger partial charge is 0.416 e. The molecule has 0 aliphatic heterocycles. The highest BCUT2D eigenvalue weighted by atomic mass is 32.2. The summed E-state index contributed by atoms with van der Waals surface area (Å²) in [5.74, 6) is 0.766. The number of hydrogen-bond donors (Lipinski definition) is 1. The lowest BCUT2D eigenvalue weighted by Crippen LogP contribution is -1.93. The van der Waals surface area contributed by atoms with Crippen LogP contribution in [0.1, 0.15) is 11.5 Å². The van der Waals surface area contributed by atoms with Crippen molar-refractivity contribution in [2.45, 2.75) is 17.9 Å². The van der Waals surface area contributed by atoms with Crippen LogP contribution < -0.4 is 5.73 Å². The number of nitrogen functional groups attached to an aromatic ring is 1. The van der Waals surface area contributed by atoms with Crippen LogP contribution in [0.5, 0.6) is 0 Å². The molecule has 0 aliphatic carbocycles. The van der Waals surface area contributed by atoms with Gasteiger partial charge in [-0.1, -0.05) is 17.8 Å². The van der Waals surface area contributed by atoms with Gasteiger partial charge in [0.25, 0.3) is 5.22 Å². The molecule has 1 aromatic heterocycles. The standard InChI is InChI=1S/C10H10FN3OS/c1-6-13-14-10(15-6)16-5-7-2-3-8(11)4-9(7)12/h2-4H,5,12H2,1H3.